The molecule has 338 valence electrons. The Morgan fingerprint density at radius 2 is 1.18 bits per heavy atom. The average Bonchev–Trinajstić information content (AvgIpc) is 3.68. The van der Waals surface area contributed by atoms with E-state index in [1.165, 1.54) is 0 Å². The lowest BCUT2D eigenvalue weighted by molar-refractivity contribution is -0.143. The van der Waals surface area contributed by atoms with E-state index in [9.17, 15) is 53.4 Å². The lowest BCUT2D eigenvalue weighted by Crippen LogP contribution is -2.59. The first-order valence-electron chi connectivity index (χ1n) is 19.2. The predicted octanol–water partition coefficient (Wildman–Crippen LogP) is -7.55. The second-order valence-electron chi connectivity index (χ2n) is 14.1. The monoisotopic (exact) mass is 855 g/mol. The third-order valence-corrected chi connectivity index (χ3v) is 8.65. The van der Waals surface area contributed by atoms with Crippen LogP contribution in [0.15, 0.2) is 9.98 Å². The highest BCUT2D eigenvalue weighted by Crippen LogP contribution is 2.19. The van der Waals surface area contributed by atoms with Crippen LogP contribution in [0.3, 0.4) is 0 Å². The van der Waals surface area contributed by atoms with Crippen LogP contribution in [0.2, 0.25) is 0 Å². The van der Waals surface area contributed by atoms with E-state index >= 15 is 0 Å². The Morgan fingerprint density at radius 3 is 1.70 bits per heavy atom. The van der Waals surface area contributed by atoms with Crippen LogP contribution >= 0.6 is 0 Å². The summed E-state index contributed by atoms with van der Waals surface area (Å²) in [6.07, 6.45) is 1.25. The number of carbonyl (C=O) groups is 9. The van der Waals surface area contributed by atoms with E-state index in [4.69, 9.17) is 28.7 Å². The van der Waals surface area contributed by atoms with Gasteiger partial charge in [-0.05, 0) is 50.9 Å². The number of rotatable bonds is 27. The van der Waals surface area contributed by atoms with Gasteiger partial charge in [0.25, 0.3) is 0 Å². The first-order chi connectivity index (χ1) is 28.3. The molecule has 1 aliphatic rings. The van der Waals surface area contributed by atoms with Crippen molar-refractivity contribution in [1.82, 2.24) is 42.1 Å². The van der Waals surface area contributed by atoms with Crippen LogP contribution in [-0.2, 0) is 43.2 Å². The number of aliphatic hydroxyl groups is 1. The van der Waals surface area contributed by atoms with Crippen LogP contribution in [0.25, 0.3) is 0 Å². The van der Waals surface area contributed by atoms with Gasteiger partial charge in [0.05, 0.1) is 32.8 Å². The molecule has 1 rings (SSSR count). The fourth-order valence-corrected chi connectivity index (χ4v) is 5.74. The third-order valence-electron chi connectivity index (χ3n) is 8.65. The maximum atomic E-state index is 13.6. The number of likely N-dealkylation sites (tertiary alicyclic amines) is 1. The van der Waals surface area contributed by atoms with Gasteiger partial charge in [-0.2, -0.15) is 0 Å². The van der Waals surface area contributed by atoms with Crippen molar-refractivity contribution in [2.24, 2.45) is 44.6 Å². The highest BCUT2D eigenvalue weighted by atomic mass is 16.4. The van der Waals surface area contributed by atoms with Gasteiger partial charge in [0, 0.05) is 19.6 Å². The minimum absolute atomic E-state index is 0.00934. The van der Waals surface area contributed by atoms with Gasteiger partial charge in [0.2, 0.25) is 47.3 Å². The van der Waals surface area contributed by atoms with Gasteiger partial charge >= 0.3 is 5.97 Å². The molecule has 0 aliphatic carbocycles. The Labute approximate surface area is 346 Å². The van der Waals surface area contributed by atoms with Crippen molar-refractivity contribution in [3.63, 3.8) is 0 Å². The molecule has 1 aliphatic heterocycles. The van der Waals surface area contributed by atoms with Gasteiger partial charge in [-0.15, -0.1) is 0 Å². The quantitative estimate of drug-likeness (QED) is 0.0207. The normalized spacial score (nSPS) is 15.2. The van der Waals surface area contributed by atoms with Crippen molar-refractivity contribution >= 4 is 65.1 Å². The van der Waals surface area contributed by atoms with Crippen molar-refractivity contribution in [2.45, 2.75) is 89.0 Å². The van der Waals surface area contributed by atoms with E-state index in [0.29, 0.717) is 6.42 Å². The van der Waals surface area contributed by atoms with Crippen molar-refractivity contribution in [3.05, 3.63) is 0 Å². The van der Waals surface area contributed by atoms with Crippen molar-refractivity contribution in [3.8, 4) is 0 Å². The number of carboxylic acids is 1. The minimum Gasteiger partial charge on any atom is -0.480 e. The van der Waals surface area contributed by atoms with Gasteiger partial charge in [0.1, 0.15) is 30.2 Å². The van der Waals surface area contributed by atoms with E-state index in [-0.39, 0.29) is 82.5 Å². The van der Waals surface area contributed by atoms with Crippen LogP contribution < -0.4 is 65.9 Å². The molecular weight excluding hydrogens is 794 g/mol. The average molecular weight is 856 g/mol. The molecular formula is C34H61N15O11. The number of hydrogen-bond donors (Lipinski definition) is 14. The molecule has 8 amide bonds. The molecule has 0 unspecified atom stereocenters. The van der Waals surface area contributed by atoms with Gasteiger partial charge in [-0.1, -0.05) is 13.8 Å². The van der Waals surface area contributed by atoms with Crippen LogP contribution in [0.5, 0.6) is 0 Å². The summed E-state index contributed by atoms with van der Waals surface area (Å²) in [7, 11) is 0. The standard InChI is InChI=1S/C34H61N15O11/c1-18(2)12-21(46-24(51)13-35)29(56)47-19(6-3-9-40-33(36)37)28(55)48-22(17-50)31(58)49-11-5-8-23(49)30(57)44-15-26(53)42-14-25(52)43-16-27(54)45-20(32(59)60)7-4-10-41-34(38)39/h18-23,50H,3-17,35H2,1-2H3,(H,42,53)(H,43,52)(H,44,57)(H,45,54)(H,46,51)(H,47,56)(H,48,55)(H,59,60)(H4,36,37,40)(H4,38,39,41)/t19-,20-,21-,22-,23-/m0/s1. The maximum Gasteiger partial charge on any atom is 0.326 e. The number of amides is 8. The maximum absolute atomic E-state index is 13.6. The molecule has 26 nitrogen and oxygen atoms in total. The topological polar surface area (TPSA) is 436 Å². The van der Waals surface area contributed by atoms with Crippen molar-refractivity contribution < 1.29 is 53.4 Å². The molecule has 1 heterocycles. The van der Waals surface area contributed by atoms with E-state index in [1.54, 1.807) is 0 Å². The number of aliphatic imine (C=N–C) groups is 2. The number of aliphatic carboxylic acids is 1. The highest BCUT2D eigenvalue weighted by molar-refractivity contribution is 5.97. The lowest BCUT2D eigenvalue weighted by atomic mass is 10.0. The molecule has 0 spiro atoms. The largest absolute Gasteiger partial charge is 0.480 e. The second kappa shape index (κ2) is 27.4. The predicted molar refractivity (Wildman–Crippen MR) is 215 cm³/mol. The van der Waals surface area contributed by atoms with Crippen LogP contribution in [0.4, 0.5) is 0 Å². The molecule has 26 heteroatoms. The summed E-state index contributed by atoms with van der Waals surface area (Å²) in [6, 6.07) is -6.19. The molecule has 5 atom stereocenters. The fraction of sp³-hybridized carbons (Fsp3) is 0.676. The van der Waals surface area contributed by atoms with Crippen LogP contribution in [0, 0.1) is 5.92 Å². The lowest BCUT2D eigenvalue weighted by Gasteiger charge is -2.29. The first-order valence-corrected chi connectivity index (χ1v) is 19.2. The molecule has 1 saturated heterocycles. The zero-order chi connectivity index (χ0) is 45.4. The number of nitrogens with two attached hydrogens (primary N) is 5. The second-order valence-corrected chi connectivity index (χ2v) is 14.1. The Hall–Kier alpha value is -6.31. The summed E-state index contributed by atoms with van der Waals surface area (Å²) in [4.78, 5) is 122. The number of carbonyl (C=O) groups excluding carboxylic acids is 8. The molecule has 0 saturated carbocycles. The number of hydrogen-bond acceptors (Lipinski definition) is 13. The van der Waals surface area contributed by atoms with Gasteiger partial charge in [-0.25, -0.2) is 4.79 Å². The van der Waals surface area contributed by atoms with Gasteiger partial charge in [0.15, 0.2) is 11.9 Å². The number of aliphatic hydroxyl groups excluding tert-OH is 1. The Morgan fingerprint density at radius 1 is 0.683 bits per heavy atom. The minimum atomic E-state index is -1.54. The molecule has 60 heavy (non-hydrogen) atoms. The van der Waals surface area contributed by atoms with E-state index in [2.05, 4.69) is 47.2 Å². The molecule has 0 radical (unpaired) electrons. The summed E-state index contributed by atoms with van der Waals surface area (Å²) >= 11 is 0. The zero-order valence-electron chi connectivity index (χ0n) is 33.9. The number of nitrogens with one attached hydrogen (secondary N) is 7. The summed E-state index contributed by atoms with van der Waals surface area (Å²) < 4.78 is 0. The molecule has 0 aromatic heterocycles. The first kappa shape index (κ1) is 51.7. The molecule has 0 aromatic carbocycles. The van der Waals surface area contributed by atoms with Crippen molar-refractivity contribution in [2.75, 3.05) is 52.4 Å². The summed E-state index contributed by atoms with van der Waals surface area (Å²) in [5.74, 6) is -7.76. The molecule has 19 N–H and O–H groups in total. The number of carboxylic acid groups (broad SMARTS) is 1. The highest BCUT2D eigenvalue weighted by Gasteiger charge is 2.38. The summed E-state index contributed by atoms with van der Waals surface area (Å²) in [6.45, 7) is 0.938. The van der Waals surface area contributed by atoms with Gasteiger partial charge in [-0.3, -0.25) is 48.3 Å². The van der Waals surface area contributed by atoms with Crippen LogP contribution in [0.1, 0.15) is 58.8 Å². The summed E-state index contributed by atoms with van der Waals surface area (Å²) in [5.41, 5.74) is 26.6. The zero-order valence-corrected chi connectivity index (χ0v) is 33.9. The molecule has 1 fully saturated rings. The Kier molecular flexibility index (Phi) is 23.6. The van der Waals surface area contributed by atoms with E-state index < -0.39 is 110 Å². The number of guanidine groups is 2. The third kappa shape index (κ3) is 20.4. The van der Waals surface area contributed by atoms with E-state index in [1.807, 2.05) is 13.8 Å². The SMILES string of the molecule is CC(C)C[C@H](NC(=O)CN)C(=O)N[C@@H](CCCN=C(N)N)C(=O)N[C@@H](CO)C(=O)N1CCC[C@H]1C(=O)NCC(=O)NCC(=O)NCC(=O)N[C@@H](CCCN=C(N)N)C(=O)O. The Bertz CT molecular complexity index is 1570. The fourth-order valence-electron chi connectivity index (χ4n) is 5.74. The smallest absolute Gasteiger partial charge is 0.326 e. The van der Waals surface area contributed by atoms with Crippen molar-refractivity contribution in [1.29, 1.82) is 0 Å². The summed E-state index contributed by atoms with van der Waals surface area (Å²) in [5, 5.41) is 36.1. The molecule has 0 aromatic rings. The molecule has 0 bridgehead atoms. The van der Waals surface area contributed by atoms with E-state index in [0.717, 1.165) is 4.90 Å². The number of nitrogens with zero attached hydrogens (tertiary/aromatic N) is 3. The van der Waals surface area contributed by atoms with Crippen LogP contribution in [-0.4, -0.2) is 163 Å². The van der Waals surface area contributed by atoms with Gasteiger partial charge < -0.3 is 81.0 Å². The Balaban J connectivity index is 2.80.